The molecule has 1 aliphatic heterocycles. The lowest BCUT2D eigenvalue weighted by Crippen LogP contribution is -2.50. The number of ether oxygens (including phenoxy) is 1. The first-order valence-electron chi connectivity index (χ1n) is 9.69. The number of Topliss-reactive ketones (excluding diaryl/α,β-unsaturated/α-hetero) is 1. The summed E-state index contributed by atoms with van der Waals surface area (Å²) in [5.74, 6) is -7.57. The van der Waals surface area contributed by atoms with Crippen molar-refractivity contribution in [1.29, 1.82) is 0 Å². The Hall–Kier alpha value is -2.72. The molecule has 0 radical (unpaired) electrons. The van der Waals surface area contributed by atoms with Crippen LogP contribution in [0.5, 0.6) is 5.75 Å². The SMILES string of the molecule is CCCC1Cc2ccccc2OC[C@H](NC(=O)CC(=O)NCC(F)(F)C(F)(F)F)C1=O. The van der Waals surface area contributed by atoms with Gasteiger partial charge in [0, 0.05) is 5.92 Å². The highest BCUT2D eigenvalue weighted by atomic mass is 19.4. The van der Waals surface area contributed by atoms with Crippen LogP contribution in [0.25, 0.3) is 0 Å². The lowest BCUT2D eigenvalue weighted by Gasteiger charge is -2.27. The second kappa shape index (κ2) is 10.1. The Labute approximate surface area is 175 Å². The Morgan fingerprint density at radius 3 is 2.45 bits per heavy atom. The monoisotopic (exact) mass is 450 g/mol. The molecule has 0 spiro atoms. The van der Waals surface area contributed by atoms with Crippen molar-refractivity contribution in [2.75, 3.05) is 13.2 Å². The van der Waals surface area contributed by atoms with E-state index in [-0.39, 0.29) is 12.4 Å². The molecule has 2 N–H and O–H groups in total. The normalized spacial score (nSPS) is 19.5. The highest BCUT2D eigenvalue weighted by Crippen LogP contribution is 2.34. The lowest BCUT2D eigenvalue weighted by atomic mass is 9.87. The summed E-state index contributed by atoms with van der Waals surface area (Å²) < 4.78 is 67.8. The minimum absolute atomic E-state index is 0.199. The van der Waals surface area contributed by atoms with E-state index in [2.05, 4.69) is 5.32 Å². The predicted octanol–water partition coefficient (Wildman–Crippen LogP) is 2.80. The third-order valence-corrected chi connectivity index (χ3v) is 4.81. The van der Waals surface area contributed by atoms with Crippen molar-refractivity contribution in [3.05, 3.63) is 29.8 Å². The first-order valence-corrected chi connectivity index (χ1v) is 9.69. The summed E-state index contributed by atoms with van der Waals surface area (Å²) in [6, 6.07) is 6.05. The fourth-order valence-electron chi connectivity index (χ4n) is 3.19. The number of fused-ring (bicyclic) bond motifs is 1. The maximum absolute atomic E-state index is 12.9. The summed E-state index contributed by atoms with van der Waals surface area (Å²) in [6.07, 6.45) is -5.15. The number of para-hydroxylation sites is 1. The van der Waals surface area contributed by atoms with Crippen LogP contribution in [0.4, 0.5) is 22.0 Å². The number of carbonyl (C=O) groups is 3. The van der Waals surface area contributed by atoms with E-state index in [1.54, 1.807) is 12.1 Å². The molecule has 2 rings (SSSR count). The number of nitrogens with one attached hydrogen (secondary N) is 2. The Morgan fingerprint density at radius 2 is 1.81 bits per heavy atom. The summed E-state index contributed by atoms with van der Waals surface area (Å²) in [5, 5.41) is 3.72. The van der Waals surface area contributed by atoms with Crippen LogP contribution in [0.2, 0.25) is 0 Å². The molecule has 1 unspecified atom stereocenters. The Kier molecular flexibility index (Phi) is 7.96. The van der Waals surface area contributed by atoms with Crippen LogP contribution in [0, 0.1) is 5.92 Å². The number of alkyl halides is 5. The molecule has 0 fully saturated rings. The van der Waals surface area contributed by atoms with Crippen molar-refractivity contribution >= 4 is 17.6 Å². The van der Waals surface area contributed by atoms with E-state index in [1.165, 1.54) is 5.32 Å². The summed E-state index contributed by atoms with van der Waals surface area (Å²) in [6.45, 7) is -0.276. The van der Waals surface area contributed by atoms with E-state index in [0.717, 1.165) is 12.0 Å². The molecular weight excluding hydrogens is 427 g/mol. The van der Waals surface area contributed by atoms with Gasteiger partial charge in [-0.25, -0.2) is 0 Å². The van der Waals surface area contributed by atoms with E-state index in [1.807, 2.05) is 19.1 Å². The van der Waals surface area contributed by atoms with Crippen LogP contribution < -0.4 is 15.4 Å². The number of benzene rings is 1. The number of hydrogen-bond acceptors (Lipinski definition) is 4. The topological polar surface area (TPSA) is 84.5 Å². The quantitative estimate of drug-likeness (QED) is 0.494. The minimum atomic E-state index is -5.82. The van der Waals surface area contributed by atoms with Gasteiger partial charge in [-0.05, 0) is 24.5 Å². The van der Waals surface area contributed by atoms with Gasteiger partial charge in [-0.3, -0.25) is 14.4 Å². The van der Waals surface area contributed by atoms with Gasteiger partial charge in [-0.15, -0.1) is 0 Å². The van der Waals surface area contributed by atoms with Crippen LogP contribution in [0.1, 0.15) is 31.7 Å². The molecule has 1 heterocycles. The molecule has 172 valence electrons. The first kappa shape index (κ1) is 24.5. The molecule has 1 aliphatic rings. The Balaban J connectivity index is 1.99. The van der Waals surface area contributed by atoms with Crippen molar-refractivity contribution in [3.8, 4) is 5.75 Å². The third kappa shape index (κ3) is 6.63. The van der Waals surface area contributed by atoms with Gasteiger partial charge in [0.25, 0.3) is 0 Å². The smallest absolute Gasteiger partial charge is 0.455 e. The van der Waals surface area contributed by atoms with Crippen LogP contribution in [0.15, 0.2) is 24.3 Å². The van der Waals surface area contributed by atoms with E-state index >= 15 is 0 Å². The van der Waals surface area contributed by atoms with Gasteiger partial charge in [0.15, 0.2) is 5.78 Å². The molecule has 1 aromatic rings. The molecule has 31 heavy (non-hydrogen) atoms. The van der Waals surface area contributed by atoms with Gasteiger partial charge >= 0.3 is 12.1 Å². The molecule has 1 aromatic carbocycles. The molecule has 0 saturated carbocycles. The van der Waals surface area contributed by atoms with E-state index in [9.17, 15) is 36.3 Å². The van der Waals surface area contributed by atoms with Crippen LogP contribution in [0.3, 0.4) is 0 Å². The molecule has 0 aliphatic carbocycles. The van der Waals surface area contributed by atoms with Crippen LogP contribution in [-0.4, -0.2) is 48.9 Å². The van der Waals surface area contributed by atoms with Gasteiger partial charge < -0.3 is 15.4 Å². The van der Waals surface area contributed by atoms with Gasteiger partial charge in [-0.1, -0.05) is 31.5 Å². The zero-order valence-corrected chi connectivity index (χ0v) is 16.7. The van der Waals surface area contributed by atoms with Gasteiger partial charge in [0.1, 0.15) is 24.8 Å². The number of amides is 2. The molecule has 0 bridgehead atoms. The summed E-state index contributed by atoms with van der Waals surface area (Å²) in [4.78, 5) is 36.6. The lowest BCUT2D eigenvalue weighted by molar-refractivity contribution is -0.278. The molecule has 11 heteroatoms. The minimum Gasteiger partial charge on any atom is -0.491 e. The number of halogens is 5. The highest BCUT2D eigenvalue weighted by Gasteiger charge is 2.57. The second-order valence-electron chi connectivity index (χ2n) is 7.29. The number of ketones is 1. The highest BCUT2D eigenvalue weighted by molar-refractivity contribution is 5.99. The number of carbonyl (C=O) groups excluding carboxylic acids is 3. The van der Waals surface area contributed by atoms with Crippen molar-refractivity contribution in [2.45, 2.75) is 50.7 Å². The molecular formula is C20H23F5N2O4. The fourth-order valence-corrected chi connectivity index (χ4v) is 3.19. The zero-order chi connectivity index (χ0) is 23.2. The average Bonchev–Trinajstić information content (AvgIpc) is 2.68. The van der Waals surface area contributed by atoms with Crippen LogP contribution in [-0.2, 0) is 20.8 Å². The summed E-state index contributed by atoms with van der Waals surface area (Å²) in [5.41, 5.74) is 0.851. The second-order valence-corrected chi connectivity index (χ2v) is 7.29. The largest absolute Gasteiger partial charge is 0.491 e. The van der Waals surface area contributed by atoms with Crippen molar-refractivity contribution in [2.24, 2.45) is 5.92 Å². The first-order chi connectivity index (χ1) is 14.4. The van der Waals surface area contributed by atoms with Crippen molar-refractivity contribution in [3.63, 3.8) is 0 Å². The van der Waals surface area contributed by atoms with Gasteiger partial charge in [0.2, 0.25) is 11.8 Å². The van der Waals surface area contributed by atoms with E-state index < -0.39 is 48.8 Å². The van der Waals surface area contributed by atoms with Gasteiger partial charge in [-0.2, -0.15) is 22.0 Å². The van der Waals surface area contributed by atoms with Crippen LogP contribution >= 0.6 is 0 Å². The Bertz CT molecular complexity index is 813. The predicted molar refractivity (Wildman–Crippen MR) is 99.6 cm³/mol. The third-order valence-electron chi connectivity index (χ3n) is 4.81. The maximum atomic E-state index is 12.9. The van der Waals surface area contributed by atoms with E-state index in [4.69, 9.17) is 4.74 Å². The molecule has 0 saturated heterocycles. The van der Waals surface area contributed by atoms with E-state index in [0.29, 0.717) is 18.6 Å². The number of hydrogen-bond donors (Lipinski definition) is 2. The number of rotatable bonds is 7. The summed E-state index contributed by atoms with van der Waals surface area (Å²) >= 11 is 0. The standard InChI is InChI=1S/C20H23F5N2O4/c1-2-5-13-8-12-6-3-4-7-15(12)31-10-14(18(13)30)27-17(29)9-16(28)26-11-19(21,22)20(23,24)25/h3-4,6-7,13-14H,2,5,8-11H2,1H3,(H,26,28)(H,27,29)/t13?,14-/m0/s1. The van der Waals surface area contributed by atoms with Gasteiger partial charge in [0.05, 0.1) is 6.54 Å². The molecule has 0 aromatic heterocycles. The van der Waals surface area contributed by atoms with Crippen molar-refractivity contribution in [1.82, 2.24) is 10.6 Å². The fraction of sp³-hybridized carbons (Fsp3) is 0.550. The maximum Gasteiger partial charge on any atom is 0.455 e. The van der Waals surface area contributed by atoms with Crippen molar-refractivity contribution < 1.29 is 41.1 Å². The molecule has 6 nitrogen and oxygen atoms in total. The molecule has 2 amide bonds. The average molecular weight is 450 g/mol. The molecule has 2 atom stereocenters. The zero-order valence-electron chi connectivity index (χ0n) is 16.7. The Morgan fingerprint density at radius 1 is 1.13 bits per heavy atom. The summed E-state index contributed by atoms with van der Waals surface area (Å²) in [7, 11) is 0.